The largest absolute Gasteiger partial charge is 0.444 e. The number of rotatable bonds is 1. The third-order valence-electron chi connectivity index (χ3n) is 4.13. The summed E-state index contributed by atoms with van der Waals surface area (Å²) in [5, 5.41) is 0. The smallest absolute Gasteiger partial charge is 0.410 e. The van der Waals surface area contributed by atoms with Crippen molar-refractivity contribution >= 4 is 17.1 Å². The summed E-state index contributed by atoms with van der Waals surface area (Å²) >= 11 is 0. The van der Waals surface area contributed by atoms with E-state index in [1.807, 2.05) is 26.8 Å². The molecule has 0 aliphatic carbocycles. The average Bonchev–Trinajstić information content (AvgIpc) is 2.53. The van der Waals surface area contributed by atoms with Crippen LogP contribution in [0.15, 0.2) is 23.4 Å². The molecule has 1 saturated heterocycles. The van der Waals surface area contributed by atoms with Crippen molar-refractivity contribution in [2.45, 2.75) is 45.1 Å². The van der Waals surface area contributed by atoms with E-state index in [9.17, 15) is 9.59 Å². The van der Waals surface area contributed by atoms with E-state index < -0.39 is 5.60 Å². The number of H-pyrrole nitrogens is 1. The molecule has 0 aromatic carbocycles. The van der Waals surface area contributed by atoms with E-state index >= 15 is 0 Å². The SMILES string of the molecule is CC(C)(C)OC(=O)N1CCC(c2cc3ncncc3[nH]c2=O)CC1. The number of hydrogen-bond acceptors (Lipinski definition) is 5. The maximum atomic E-state index is 12.3. The van der Waals surface area contributed by atoms with Gasteiger partial charge in [-0.3, -0.25) is 4.79 Å². The second kappa shape index (κ2) is 6.22. The highest BCUT2D eigenvalue weighted by Gasteiger charge is 2.28. The number of carbonyl (C=O) groups excluding carboxylic acids is 1. The molecule has 3 rings (SSSR count). The van der Waals surface area contributed by atoms with Crippen molar-refractivity contribution in [1.82, 2.24) is 19.9 Å². The fourth-order valence-electron chi connectivity index (χ4n) is 2.96. The second-order valence-corrected chi connectivity index (χ2v) is 7.12. The van der Waals surface area contributed by atoms with Crippen molar-refractivity contribution in [3.8, 4) is 0 Å². The molecule has 2 aromatic rings. The number of fused-ring (bicyclic) bond motifs is 1. The third-order valence-corrected chi connectivity index (χ3v) is 4.13. The monoisotopic (exact) mass is 330 g/mol. The number of nitrogens with zero attached hydrogens (tertiary/aromatic N) is 3. The van der Waals surface area contributed by atoms with Crippen LogP contribution in [0.3, 0.4) is 0 Å². The van der Waals surface area contributed by atoms with E-state index in [0.29, 0.717) is 18.6 Å². The standard InChI is InChI=1S/C17H22N4O3/c1-17(2,3)24-16(23)21-6-4-11(5-7-21)12-8-13-14(20-15(12)22)9-18-10-19-13/h8-11H,4-7H2,1-3H3,(H,20,22). The summed E-state index contributed by atoms with van der Waals surface area (Å²) in [6, 6.07) is 1.84. The van der Waals surface area contributed by atoms with Crippen LogP contribution in [0, 0.1) is 0 Å². The molecule has 1 aliphatic rings. The molecule has 3 heterocycles. The fourth-order valence-corrected chi connectivity index (χ4v) is 2.96. The zero-order valence-corrected chi connectivity index (χ0v) is 14.2. The summed E-state index contributed by atoms with van der Waals surface area (Å²) in [5.41, 5.74) is 1.49. The highest BCUT2D eigenvalue weighted by molar-refractivity contribution is 5.73. The molecule has 1 fully saturated rings. The number of likely N-dealkylation sites (tertiary alicyclic amines) is 1. The Kier molecular flexibility index (Phi) is 4.26. The maximum Gasteiger partial charge on any atom is 0.410 e. The van der Waals surface area contributed by atoms with Crippen LogP contribution in [0.2, 0.25) is 0 Å². The third kappa shape index (κ3) is 3.55. The van der Waals surface area contributed by atoms with Gasteiger partial charge in [-0.05, 0) is 45.6 Å². The molecule has 0 spiro atoms. The molecule has 1 N–H and O–H groups in total. The van der Waals surface area contributed by atoms with Gasteiger partial charge in [-0.1, -0.05) is 0 Å². The Balaban J connectivity index is 1.72. The number of nitrogens with one attached hydrogen (secondary N) is 1. The van der Waals surface area contributed by atoms with Gasteiger partial charge in [0.05, 0.1) is 17.2 Å². The highest BCUT2D eigenvalue weighted by atomic mass is 16.6. The first-order valence-electron chi connectivity index (χ1n) is 8.14. The van der Waals surface area contributed by atoms with Crippen molar-refractivity contribution < 1.29 is 9.53 Å². The topological polar surface area (TPSA) is 88.2 Å². The van der Waals surface area contributed by atoms with Crippen LogP contribution in [0.5, 0.6) is 0 Å². The quantitative estimate of drug-likeness (QED) is 0.867. The zero-order chi connectivity index (χ0) is 17.3. The molecule has 2 aromatic heterocycles. The first-order valence-corrected chi connectivity index (χ1v) is 8.14. The van der Waals surface area contributed by atoms with Crippen molar-refractivity contribution in [2.24, 2.45) is 0 Å². The number of aromatic nitrogens is 3. The molecule has 0 unspecified atom stereocenters. The summed E-state index contributed by atoms with van der Waals surface area (Å²) in [6.45, 7) is 6.73. The molecular weight excluding hydrogens is 308 g/mol. The molecule has 1 amide bonds. The Hall–Kier alpha value is -2.44. The van der Waals surface area contributed by atoms with Crippen LogP contribution in [0.4, 0.5) is 4.79 Å². The first kappa shape index (κ1) is 16.4. The lowest BCUT2D eigenvalue weighted by Crippen LogP contribution is -2.41. The minimum atomic E-state index is -0.497. The van der Waals surface area contributed by atoms with Crippen molar-refractivity contribution in [2.75, 3.05) is 13.1 Å². The molecule has 24 heavy (non-hydrogen) atoms. The fraction of sp³-hybridized carbons (Fsp3) is 0.529. The number of piperidine rings is 1. The number of ether oxygens (including phenoxy) is 1. The Morgan fingerprint density at radius 1 is 1.33 bits per heavy atom. The van der Waals surface area contributed by atoms with E-state index in [-0.39, 0.29) is 17.6 Å². The number of amides is 1. The van der Waals surface area contributed by atoms with Crippen LogP contribution < -0.4 is 5.56 Å². The summed E-state index contributed by atoms with van der Waals surface area (Å²) in [6.07, 6.45) is 4.24. The van der Waals surface area contributed by atoms with Crippen LogP contribution >= 0.6 is 0 Å². The van der Waals surface area contributed by atoms with Crippen molar-refractivity contribution in [1.29, 1.82) is 0 Å². The molecule has 7 heteroatoms. The normalized spacial score (nSPS) is 16.4. The van der Waals surface area contributed by atoms with E-state index in [1.54, 1.807) is 11.1 Å². The summed E-state index contributed by atoms with van der Waals surface area (Å²) in [7, 11) is 0. The second-order valence-electron chi connectivity index (χ2n) is 7.12. The van der Waals surface area contributed by atoms with E-state index in [0.717, 1.165) is 23.9 Å². The minimum Gasteiger partial charge on any atom is -0.444 e. The van der Waals surface area contributed by atoms with E-state index in [4.69, 9.17) is 4.74 Å². The lowest BCUT2D eigenvalue weighted by Gasteiger charge is -2.33. The van der Waals surface area contributed by atoms with Crippen LogP contribution in [0.1, 0.15) is 45.1 Å². The van der Waals surface area contributed by atoms with Gasteiger partial charge >= 0.3 is 6.09 Å². The van der Waals surface area contributed by atoms with Gasteiger partial charge in [0, 0.05) is 18.7 Å². The van der Waals surface area contributed by atoms with Crippen LogP contribution in [-0.4, -0.2) is 44.6 Å². The summed E-state index contributed by atoms with van der Waals surface area (Å²) in [5.74, 6) is 0.117. The van der Waals surface area contributed by atoms with Gasteiger partial charge in [0.1, 0.15) is 11.9 Å². The molecule has 0 bridgehead atoms. The average molecular weight is 330 g/mol. The van der Waals surface area contributed by atoms with Gasteiger partial charge in [0.25, 0.3) is 5.56 Å². The minimum absolute atomic E-state index is 0.104. The van der Waals surface area contributed by atoms with Gasteiger partial charge in [-0.2, -0.15) is 0 Å². The van der Waals surface area contributed by atoms with Crippen molar-refractivity contribution in [3.63, 3.8) is 0 Å². The lowest BCUT2D eigenvalue weighted by atomic mass is 9.90. The Bertz CT molecular complexity index is 801. The Morgan fingerprint density at radius 3 is 2.71 bits per heavy atom. The number of aromatic amines is 1. The zero-order valence-electron chi connectivity index (χ0n) is 14.2. The molecule has 1 aliphatic heterocycles. The highest BCUT2D eigenvalue weighted by Crippen LogP contribution is 2.27. The molecule has 0 radical (unpaired) electrons. The predicted octanol–water partition coefficient (Wildman–Crippen LogP) is 2.43. The summed E-state index contributed by atoms with van der Waals surface area (Å²) < 4.78 is 5.40. The lowest BCUT2D eigenvalue weighted by molar-refractivity contribution is 0.0204. The van der Waals surface area contributed by atoms with Crippen molar-refractivity contribution in [3.05, 3.63) is 34.5 Å². The Labute approximate surface area is 140 Å². The molecular formula is C17H22N4O3. The number of hydrogen-bond donors (Lipinski definition) is 1. The van der Waals surface area contributed by atoms with Gasteiger partial charge in [0.2, 0.25) is 0 Å². The first-order chi connectivity index (χ1) is 11.3. The van der Waals surface area contributed by atoms with Gasteiger partial charge in [-0.25, -0.2) is 14.8 Å². The molecule has 128 valence electrons. The van der Waals surface area contributed by atoms with E-state index in [1.165, 1.54) is 6.33 Å². The Morgan fingerprint density at radius 2 is 2.04 bits per heavy atom. The van der Waals surface area contributed by atoms with Gasteiger partial charge in [-0.15, -0.1) is 0 Å². The van der Waals surface area contributed by atoms with Crippen LogP contribution in [0.25, 0.3) is 11.0 Å². The molecule has 7 nitrogen and oxygen atoms in total. The van der Waals surface area contributed by atoms with Crippen LogP contribution in [-0.2, 0) is 4.74 Å². The summed E-state index contributed by atoms with van der Waals surface area (Å²) in [4.78, 5) is 37.1. The predicted molar refractivity (Wildman–Crippen MR) is 89.9 cm³/mol. The molecule has 0 atom stereocenters. The van der Waals surface area contributed by atoms with E-state index in [2.05, 4.69) is 15.0 Å². The number of carbonyl (C=O) groups is 1. The maximum absolute atomic E-state index is 12.3. The van der Waals surface area contributed by atoms with Gasteiger partial charge < -0.3 is 14.6 Å². The van der Waals surface area contributed by atoms with Gasteiger partial charge in [0.15, 0.2) is 0 Å². The molecule has 0 saturated carbocycles. The number of pyridine rings is 1.